The fraction of sp³-hybridized carbons (Fsp3) is 0.0667. The fourth-order valence-electron chi connectivity index (χ4n) is 1.93. The first-order valence-corrected chi connectivity index (χ1v) is 7.86. The minimum Gasteiger partial charge on any atom is -0.279 e. The molecule has 19 heavy (non-hydrogen) atoms. The van der Waals surface area contributed by atoms with Crippen molar-refractivity contribution in [2.24, 2.45) is 4.99 Å². The van der Waals surface area contributed by atoms with Gasteiger partial charge in [-0.25, -0.2) is 4.99 Å². The largest absolute Gasteiger partial charge is 0.279 e. The highest BCUT2D eigenvalue weighted by molar-refractivity contribution is 8.45. The first-order chi connectivity index (χ1) is 9.26. The molecule has 3 rings (SSSR count). The van der Waals surface area contributed by atoms with Gasteiger partial charge in [0, 0.05) is 0 Å². The van der Waals surface area contributed by atoms with E-state index in [-0.39, 0.29) is 5.12 Å². The molecule has 0 fully saturated rings. The number of nitrogens with zero attached hydrogens (tertiary/aromatic N) is 1. The molecule has 0 bridgehead atoms. The van der Waals surface area contributed by atoms with E-state index in [0.717, 1.165) is 9.94 Å². The van der Waals surface area contributed by atoms with Gasteiger partial charge in [0.15, 0.2) is 0 Å². The number of rotatable bonds is 1. The van der Waals surface area contributed by atoms with Gasteiger partial charge in [0.1, 0.15) is 10.1 Å². The van der Waals surface area contributed by atoms with Gasteiger partial charge in [0.25, 0.3) is 0 Å². The molecule has 0 N–H and O–H groups in total. The first kappa shape index (κ1) is 12.5. The molecule has 0 spiro atoms. The molecule has 0 aliphatic carbocycles. The summed E-state index contributed by atoms with van der Waals surface area (Å²) in [4.78, 5) is 16.1. The Hall–Kier alpha value is -1.52. The molecule has 0 unspecified atom stereocenters. The van der Waals surface area contributed by atoms with Crippen LogP contribution in [0, 0.1) is 0 Å². The summed E-state index contributed by atoms with van der Waals surface area (Å²) < 4.78 is 0.817. The zero-order valence-electron chi connectivity index (χ0n) is 10.3. The number of carbonyl (C=O) groups excluding carboxylic acids is 1. The molecule has 0 aromatic heterocycles. The molecule has 4 heteroatoms. The van der Waals surface area contributed by atoms with Crippen LogP contribution in [0.4, 0.5) is 0 Å². The molecule has 0 radical (unpaired) electrons. The van der Waals surface area contributed by atoms with Crippen molar-refractivity contribution in [3.8, 4) is 0 Å². The van der Waals surface area contributed by atoms with Crippen molar-refractivity contribution in [2.75, 3.05) is 6.26 Å². The van der Waals surface area contributed by atoms with Crippen LogP contribution < -0.4 is 0 Å². The summed E-state index contributed by atoms with van der Waals surface area (Å²) in [6.07, 6.45) is 3.78. The van der Waals surface area contributed by atoms with Crippen LogP contribution in [0.15, 0.2) is 53.2 Å². The number of aliphatic imine (C=N–C) groups is 1. The number of hydrogen-bond donors (Lipinski definition) is 0. The predicted molar refractivity (Wildman–Crippen MR) is 85.5 cm³/mol. The molecule has 94 valence electrons. The quantitative estimate of drug-likeness (QED) is 0.736. The molecule has 1 aliphatic heterocycles. The average molecular weight is 285 g/mol. The van der Waals surface area contributed by atoms with E-state index in [9.17, 15) is 4.79 Å². The highest BCUT2D eigenvalue weighted by atomic mass is 32.2. The molecule has 0 saturated carbocycles. The van der Waals surface area contributed by atoms with Crippen LogP contribution in [0.25, 0.3) is 16.8 Å². The third kappa shape index (κ3) is 2.60. The summed E-state index contributed by atoms with van der Waals surface area (Å²) in [5.41, 5.74) is 1.54. The number of hydrogen-bond acceptors (Lipinski definition) is 4. The Kier molecular flexibility index (Phi) is 3.44. The van der Waals surface area contributed by atoms with Gasteiger partial charge < -0.3 is 0 Å². The lowest BCUT2D eigenvalue weighted by molar-refractivity contribution is -0.107. The van der Waals surface area contributed by atoms with Crippen LogP contribution in [0.5, 0.6) is 0 Å². The van der Waals surface area contributed by atoms with E-state index in [4.69, 9.17) is 0 Å². The molecule has 2 aromatic rings. The summed E-state index contributed by atoms with van der Waals surface area (Å²) in [6.45, 7) is 0. The minimum atomic E-state index is 0.0255. The lowest BCUT2D eigenvalue weighted by atomic mass is 10.1. The Morgan fingerprint density at radius 3 is 2.68 bits per heavy atom. The summed E-state index contributed by atoms with van der Waals surface area (Å²) >= 11 is 2.71. The second-order valence-electron chi connectivity index (χ2n) is 4.11. The van der Waals surface area contributed by atoms with Gasteiger partial charge in [-0.1, -0.05) is 36.4 Å². The Morgan fingerprint density at radius 2 is 1.95 bits per heavy atom. The van der Waals surface area contributed by atoms with E-state index in [1.807, 2.05) is 30.5 Å². The Bertz CT molecular complexity index is 719. The Labute approximate surface area is 120 Å². The van der Waals surface area contributed by atoms with Gasteiger partial charge in [-0.2, -0.15) is 0 Å². The van der Waals surface area contributed by atoms with Gasteiger partial charge in [0.05, 0.1) is 0 Å². The van der Waals surface area contributed by atoms with E-state index in [2.05, 4.69) is 29.3 Å². The molecule has 0 saturated heterocycles. The fourth-order valence-corrected chi connectivity index (χ4v) is 3.19. The van der Waals surface area contributed by atoms with E-state index < -0.39 is 0 Å². The van der Waals surface area contributed by atoms with Crippen LogP contribution >= 0.6 is 23.5 Å². The molecule has 2 nitrogen and oxygen atoms in total. The lowest BCUT2D eigenvalue weighted by Gasteiger charge is -1.99. The average Bonchev–Trinajstić information content (AvgIpc) is 2.79. The smallest absolute Gasteiger partial charge is 0.244 e. The lowest BCUT2D eigenvalue weighted by Crippen LogP contribution is -1.87. The van der Waals surface area contributed by atoms with Crippen LogP contribution in [0.1, 0.15) is 5.56 Å². The minimum absolute atomic E-state index is 0.0255. The van der Waals surface area contributed by atoms with Crippen molar-refractivity contribution in [2.45, 2.75) is 0 Å². The molecule has 0 atom stereocenters. The van der Waals surface area contributed by atoms with Crippen LogP contribution in [-0.2, 0) is 4.79 Å². The first-order valence-electron chi connectivity index (χ1n) is 5.81. The molecule has 0 amide bonds. The predicted octanol–water partition coefficient (Wildman–Crippen LogP) is 4.17. The number of fused-ring (bicyclic) bond motifs is 1. The molecule has 1 aliphatic rings. The molecular formula is C15H11NOS2. The Morgan fingerprint density at radius 1 is 1.16 bits per heavy atom. The standard InChI is InChI=1S/C15H11NOS2/c1-18-15-16-13(14(17)19-15)9-10-6-7-11-4-2-3-5-12(11)8-10/h2-9H,1H3. The highest BCUT2D eigenvalue weighted by Gasteiger charge is 2.21. The van der Waals surface area contributed by atoms with E-state index in [0.29, 0.717) is 5.70 Å². The van der Waals surface area contributed by atoms with Gasteiger partial charge in [-0.05, 0) is 46.5 Å². The van der Waals surface area contributed by atoms with Crippen LogP contribution in [0.2, 0.25) is 0 Å². The third-order valence-corrected chi connectivity index (χ3v) is 4.70. The highest BCUT2D eigenvalue weighted by Crippen LogP contribution is 2.30. The number of benzene rings is 2. The zero-order chi connectivity index (χ0) is 13.2. The van der Waals surface area contributed by atoms with Crippen molar-refractivity contribution in [3.05, 3.63) is 53.7 Å². The number of thioether (sulfide) groups is 2. The van der Waals surface area contributed by atoms with Crippen molar-refractivity contribution in [1.29, 1.82) is 0 Å². The van der Waals surface area contributed by atoms with Crippen LogP contribution in [-0.4, -0.2) is 15.7 Å². The second-order valence-corrected chi connectivity index (χ2v) is 6.12. The SMILES string of the molecule is CSC1=NC(=Cc2ccc3ccccc3c2)C(=O)S1. The van der Waals surface area contributed by atoms with Crippen molar-refractivity contribution in [1.82, 2.24) is 0 Å². The summed E-state index contributed by atoms with van der Waals surface area (Å²) in [6, 6.07) is 14.3. The van der Waals surface area contributed by atoms with Gasteiger partial charge in [-0.15, -0.1) is 11.8 Å². The maximum atomic E-state index is 11.8. The van der Waals surface area contributed by atoms with Gasteiger partial charge >= 0.3 is 0 Å². The van der Waals surface area contributed by atoms with Crippen molar-refractivity contribution >= 4 is 49.9 Å². The summed E-state index contributed by atoms with van der Waals surface area (Å²) in [7, 11) is 0. The molecular weight excluding hydrogens is 274 g/mol. The van der Waals surface area contributed by atoms with Crippen molar-refractivity contribution < 1.29 is 4.79 Å². The Balaban J connectivity index is 2.01. The van der Waals surface area contributed by atoms with Crippen LogP contribution in [0.3, 0.4) is 0 Å². The van der Waals surface area contributed by atoms with Crippen molar-refractivity contribution in [3.63, 3.8) is 0 Å². The third-order valence-electron chi connectivity index (χ3n) is 2.85. The van der Waals surface area contributed by atoms with Gasteiger partial charge in [-0.3, -0.25) is 4.79 Å². The normalized spacial score (nSPS) is 17.2. The second kappa shape index (κ2) is 5.23. The zero-order valence-corrected chi connectivity index (χ0v) is 11.9. The van der Waals surface area contributed by atoms with E-state index in [1.165, 1.54) is 34.3 Å². The van der Waals surface area contributed by atoms with E-state index >= 15 is 0 Å². The topological polar surface area (TPSA) is 29.4 Å². The summed E-state index contributed by atoms with van der Waals surface area (Å²) in [5.74, 6) is 0. The van der Waals surface area contributed by atoms with Gasteiger partial charge in [0.2, 0.25) is 5.12 Å². The van der Waals surface area contributed by atoms with E-state index in [1.54, 1.807) is 0 Å². The molecule has 1 heterocycles. The summed E-state index contributed by atoms with van der Waals surface area (Å²) in [5, 5.41) is 2.40. The molecule has 2 aromatic carbocycles. The maximum absolute atomic E-state index is 11.8. The number of carbonyl (C=O) groups is 1. The monoisotopic (exact) mass is 285 g/mol. The maximum Gasteiger partial charge on any atom is 0.244 e.